The van der Waals surface area contributed by atoms with Gasteiger partial charge in [0.1, 0.15) is 0 Å². The number of halogens is 1. The third-order valence-electron chi connectivity index (χ3n) is 2.30. The lowest BCUT2D eigenvalue weighted by Crippen LogP contribution is -2.14. The van der Waals surface area contributed by atoms with Gasteiger partial charge in [-0.25, -0.2) is 0 Å². The molecule has 0 spiro atoms. The smallest absolute Gasteiger partial charge is 0.257 e. The van der Waals surface area contributed by atoms with E-state index in [1.807, 2.05) is 0 Å². The highest BCUT2D eigenvalue weighted by molar-refractivity contribution is 9.10. The highest BCUT2D eigenvalue weighted by Gasteiger charge is 2.10. The summed E-state index contributed by atoms with van der Waals surface area (Å²) < 4.78 is 0.809. The number of hydrogen-bond acceptors (Lipinski definition) is 4. The van der Waals surface area contributed by atoms with Crippen LogP contribution in [0, 0.1) is 0 Å². The van der Waals surface area contributed by atoms with E-state index in [2.05, 4.69) is 36.5 Å². The van der Waals surface area contributed by atoms with E-state index in [4.69, 9.17) is 0 Å². The molecule has 5 nitrogen and oxygen atoms in total. The summed E-state index contributed by atoms with van der Waals surface area (Å²) in [5, 5.41) is 5.70. The van der Waals surface area contributed by atoms with E-state index < -0.39 is 0 Å². The summed E-state index contributed by atoms with van der Waals surface area (Å²) in [4.78, 5) is 20.0. The fourth-order valence-corrected chi connectivity index (χ4v) is 1.84. The predicted molar refractivity (Wildman–Crippen MR) is 73.7 cm³/mol. The van der Waals surface area contributed by atoms with Crippen LogP contribution in [0.5, 0.6) is 0 Å². The van der Waals surface area contributed by atoms with E-state index in [0.29, 0.717) is 16.9 Å². The Kier molecular flexibility index (Phi) is 3.88. The standard InChI is InChI=1S/C12H11BrN4O/c1-14-11-7-15-3-2-10(11)12(18)17-9-4-8(13)5-16-6-9/h2-7,14H,1H3,(H,17,18). The number of carbonyl (C=O) groups excluding carboxylic acids is 1. The van der Waals surface area contributed by atoms with Gasteiger partial charge in [-0.2, -0.15) is 0 Å². The molecule has 0 aromatic carbocycles. The van der Waals surface area contributed by atoms with Gasteiger partial charge in [0, 0.05) is 23.9 Å². The lowest BCUT2D eigenvalue weighted by atomic mass is 10.2. The molecule has 2 heterocycles. The summed E-state index contributed by atoms with van der Waals surface area (Å²) in [6.45, 7) is 0. The van der Waals surface area contributed by atoms with Gasteiger partial charge in [0.2, 0.25) is 0 Å². The minimum atomic E-state index is -0.207. The molecule has 6 heteroatoms. The van der Waals surface area contributed by atoms with Crippen molar-refractivity contribution in [2.45, 2.75) is 0 Å². The quantitative estimate of drug-likeness (QED) is 0.914. The van der Waals surface area contributed by atoms with Crippen LogP contribution in [-0.4, -0.2) is 22.9 Å². The molecule has 0 atom stereocenters. The number of nitrogens with zero attached hydrogens (tertiary/aromatic N) is 2. The average Bonchev–Trinajstić information content (AvgIpc) is 2.38. The first-order valence-electron chi connectivity index (χ1n) is 5.24. The summed E-state index contributed by atoms with van der Waals surface area (Å²) in [5.74, 6) is -0.207. The number of hydrogen-bond donors (Lipinski definition) is 2. The number of carbonyl (C=O) groups is 1. The molecule has 0 aliphatic carbocycles. The zero-order valence-corrected chi connectivity index (χ0v) is 11.2. The molecule has 0 aliphatic rings. The third kappa shape index (κ3) is 2.84. The molecule has 2 N–H and O–H groups in total. The monoisotopic (exact) mass is 306 g/mol. The first-order valence-corrected chi connectivity index (χ1v) is 6.03. The number of pyridine rings is 2. The Morgan fingerprint density at radius 2 is 2.11 bits per heavy atom. The van der Waals surface area contributed by atoms with Crippen LogP contribution in [0.2, 0.25) is 0 Å². The Morgan fingerprint density at radius 3 is 2.83 bits per heavy atom. The number of anilines is 2. The molecule has 0 radical (unpaired) electrons. The van der Waals surface area contributed by atoms with E-state index in [0.717, 1.165) is 4.47 Å². The first-order chi connectivity index (χ1) is 8.70. The summed E-state index contributed by atoms with van der Waals surface area (Å²) in [7, 11) is 1.74. The Bertz CT molecular complexity index is 574. The maximum absolute atomic E-state index is 12.1. The first kappa shape index (κ1) is 12.5. The van der Waals surface area contributed by atoms with Crippen molar-refractivity contribution < 1.29 is 4.79 Å². The van der Waals surface area contributed by atoms with Crippen molar-refractivity contribution in [1.82, 2.24) is 9.97 Å². The molecule has 2 aromatic heterocycles. The van der Waals surface area contributed by atoms with Crippen molar-refractivity contribution in [3.05, 3.63) is 47.0 Å². The van der Waals surface area contributed by atoms with Crippen LogP contribution in [0.1, 0.15) is 10.4 Å². The summed E-state index contributed by atoms with van der Waals surface area (Å²) in [6.07, 6.45) is 6.42. The average molecular weight is 307 g/mol. The molecule has 18 heavy (non-hydrogen) atoms. The van der Waals surface area contributed by atoms with Crippen molar-refractivity contribution in [3.8, 4) is 0 Å². The fraction of sp³-hybridized carbons (Fsp3) is 0.0833. The van der Waals surface area contributed by atoms with Crippen LogP contribution in [-0.2, 0) is 0 Å². The summed E-state index contributed by atoms with van der Waals surface area (Å²) in [5.41, 5.74) is 1.85. The van der Waals surface area contributed by atoms with Crippen molar-refractivity contribution in [2.24, 2.45) is 0 Å². The molecule has 1 amide bonds. The number of rotatable bonds is 3. The molecule has 2 aromatic rings. The van der Waals surface area contributed by atoms with Gasteiger partial charge in [-0.3, -0.25) is 14.8 Å². The summed E-state index contributed by atoms with van der Waals surface area (Å²) in [6, 6.07) is 3.44. The van der Waals surface area contributed by atoms with Gasteiger partial charge in [0.05, 0.1) is 29.3 Å². The topological polar surface area (TPSA) is 66.9 Å². The van der Waals surface area contributed by atoms with Crippen molar-refractivity contribution in [3.63, 3.8) is 0 Å². The highest BCUT2D eigenvalue weighted by Crippen LogP contribution is 2.17. The molecule has 2 rings (SSSR count). The van der Waals surface area contributed by atoms with Crippen molar-refractivity contribution >= 4 is 33.2 Å². The van der Waals surface area contributed by atoms with E-state index >= 15 is 0 Å². The Hall–Kier alpha value is -1.95. The molecule has 92 valence electrons. The molecule has 0 bridgehead atoms. The van der Waals surface area contributed by atoms with E-state index in [-0.39, 0.29) is 5.91 Å². The van der Waals surface area contributed by atoms with Crippen LogP contribution < -0.4 is 10.6 Å². The lowest BCUT2D eigenvalue weighted by Gasteiger charge is -2.09. The van der Waals surface area contributed by atoms with E-state index in [9.17, 15) is 4.79 Å². The fourth-order valence-electron chi connectivity index (χ4n) is 1.47. The SMILES string of the molecule is CNc1cnccc1C(=O)Nc1cncc(Br)c1. The number of nitrogens with one attached hydrogen (secondary N) is 2. The molecule has 0 aliphatic heterocycles. The van der Waals surface area contributed by atoms with Gasteiger partial charge in [-0.05, 0) is 28.1 Å². The van der Waals surface area contributed by atoms with Crippen molar-refractivity contribution in [1.29, 1.82) is 0 Å². The molecular formula is C12H11BrN4O. The third-order valence-corrected chi connectivity index (χ3v) is 2.73. The minimum absolute atomic E-state index is 0.207. The Labute approximate surface area is 113 Å². The van der Waals surface area contributed by atoms with Gasteiger partial charge < -0.3 is 10.6 Å². The molecule has 0 saturated heterocycles. The van der Waals surface area contributed by atoms with Gasteiger partial charge >= 0.3 is 0 Å². The van der Waals surface area contributed by atoms with E-state index in [1.165, 1.54) is 0 Å². The lowest BCUT2D eigenvalue weighted by molar-refractivity contribution is 0.102. The minimum Gasteiger partial charge on any atom is -0.386 e. The second-order valence-corrected chi connectivity index (χ2v) is 4.43. The Balaban J connectivity index is 2.22. The molecule has 0 unspecified atom stereocenters. The zero-order valence-electron chi connectivity index (χ0n) is 9.64. The summed E-state index contributed by atoms with van der Waals surface area (Å²) >= 11 is 3.30. The van der Waals surface area contributed by atoms with Gasteiger partial charge in [0.25, 0.3) is 5.91 Å². The largest absolute Gasteiger partial charge is 0.386 e. The molecule has 0 fully saturated rings. The van der Waals surface area contributed by atoms with Crippen molar-refractivity contribution in [2.75, 3.05) is 17.7 Å². The second-order valence-electron chi connectivity index (χ2n) is 3.52. The zero-order chi connectivity index (χ0) is 13.0. The maximum Gasteiger partial charge on any atom is 0.257 e. The second kappa shape index (κ2) is 5.59. The van der Waals surface area contributed by atoms with Crippen LogP contribution >= 0.6 is 15.9 Å². The van der Waals surface area contributed by atoms with Crippen LogP contribution in [0.4, 0.5) is 11.4 Å². The van der Waals surface area contributed by atoms with Gasteiger partial charge in [-0.15, -0.1) is 0 Å². The highest BCUT2D eigenvalue weighted by atomic mass is 79.9. The number of aromatic nitrogens is 2. The van der Waals surface area contributed by atoms with Crippen LogP contribution in [0.3, 0.4) is 0 Å². The van der Waals surface area contributed by atoms with Gasteiger partial charge in [-0.1, -0.05) is 0 Å². The Morgan fingerprint density at radius 1 is 1.28 bits per heavy atom. The predicted octanol–water partition coefficient (Wildman–Crippen LogP) is 2.53. The number of amides is 1. The van der Waals surface area contributed by atoms with Gasteiger partial charge in [0.15, 0.2) is 0 Å². The van der Waals surface area contributed by atoms with Crippen LogP contribution in [0.25, 0.3) is 0 Å². The van der Waals surface area contributed by atoms with Crippen LogP contribution in [0.15, 0.2) is 41.4 Å². The maximum atomic E-state index is 12.1. The molecule has 0 saturated carbocycles. The normalized spacial score (nSPS) is 9.89. The molecular weight excluding hydrogens is 296 g/mol. The van der Waals surface area contributed by atoms with E-state index in [1.54, 1.807) is 44.0 Å².